The first kappa shape index (κ1) is 27.7. The number of imidazole rings is 1. The van der Waals surface area contributed by atoms with Crippen molar-refractivity contribution in [2.75, 3.05) is 13.6 Å². The number of halogens is 2. The van der Waals surface area contributed by atoms with Gasteiger partial charge in [-0.3, -0.25) is 4.79 Å². The van der Waals surface area contributed by atoms with Crippen molar-refractivity contribution >= 4 is 45.8 Å². The molecule has 0 fully saturated rings. The van der Waals surface area contributed by atoms with Gasteiger partial charge in [-0.05, 0) is 61.4 Å². The van der Waals surface area contributed by atoms with E-state index in [1.165, 1.54) is 0 Å². The maximum Gasteiger partial charge on any atom is 0.287 e. The molecule has 2 aliphatic rings. The van der Waals surface area contributed by atoms with Crippen LogP contribution in [0.25, 0.3) is 28.1 Å². The van der Waals surface area contributed by atoms with Gasteiger partial charge in [-0.2, -0.15) is 0 Å². The van der Waals surface area contributed by atoms with Crippen LogP contribution in [0.5, 0.6) is 0 Å². The molecule has 0 saturated carbocycles. The zero-order valence-corrected chi connectivity index (χ0v) is 24.8. The van der Waals surface area contributed by atoms with Gasteiger partial charge in [-0.1, -0.05) is 42.0 Å². The van der Waals surface area contributed by atoms with Gasteiger partial charge >= 0.3 is 0 Å². The molecule has 2 aromatic carbocycles. The number of fused-ring (bicyclic) bond motifs is 2. The lowest BCUT2D eigenvalue weighted by molar-refractivity contribution is 0.0927. The Morgan fingerprint density at radius 2 is 2.02 bits per heavy atom. The summed E-state index contributed by atoms with van der Waals surface area (Å²) in [6, 6.07) is 8.84. The SMILES string of the molecule is Cc1c(C2=CC=CC(NC(=O)c3nc4c(n3C)CCN(C)C4)C2(C)Cl)cccc1-c1nc2cc(CO)cc(Cl)c2o1. The molecule has 8 nitrogen and oxygen atoms in total. The van der Waals surface area contributed by atoms with Crippen LogP contribution in [0.4, 0.5) is 0 Å². The number of nitrogens with one attached hydrogen (secondary N) is 1. The predicted octanol–water partition coefficient (Wildman–Crippen LogP) is 5.42. The van der Waals surface area contributed by atoms with Crippen molar-refractivity contribution in [3.8, 4) is 11.5 Å². The molecule has 41 heavy (non-hydrogen) atoms. The van der Waals surface area contributed by atoms with Gasteiger partial charge in [0.1, 0.15) is 5.52 Å². The van der Waals surface area contributed by atoms with Crippen molar-refractivity contribution in [3.63, 3.8) is 0 Å². The van der Waals surface area contributed by atoms with Gasteiger partial charge in [-0.25, -0.2) is 9.97 Å². The molecule has 2 aromatic heterocycles. The average molecular weight is 593 g/mol. The molecule has 0 spiro atoms. The van der Waals surface area contributed by atoms with Crippen molar-refractivity contribution in [2.45, 2.75) is 44.3 Å². The lowest BCUT2D eigenvalue weighted by Crippen LogP contribution is -2.48. The van der Waals surface area contributed by atoms with Crippen LogP contribution in [0.3, 0.4) is 0 Å². The fraction of sp³-hybridized carbons (Fsp3) is 0.323. The van der Waals surface area contributed by atoms with Gasteiger partial charge in [0, 0.05) is 37.8 Å². The second-order valence-electron chi connectivity index (χ2n) is 10.9. The van der Waals surface area contributed by atoms with Gasteiger partial charge < -0.3 is 24.3 Å². The molecule has 0 saturated heterocycles. The van der Waals surface area contributed by atoms with E-state index >= 15 is 0 Å². The fourth-order valence-corrected chi connectivity index (χ4v) is 6.36. The molecule has 212 valence electrons. The van der Waals surface area contributed by atoms with E-state index in [0.29, 0.717) is 33.4 Å². The number of aliphatic hydroxyl groups excluding tert-OH is 1. The van der Waals surface area contributed by atoms with Gasteiger partial charge in [0.15, 0.2) is 11.4 Å². The summed E-state index contributed by atoms with van der Waals surface area (Å²) in [4.78, 5) is 24.1. The van der Waals surface area contributed by atoms with E-state index in [2.05, 4.69) is 27.2 Å². The van der Waals surface area contributed by atoms with E-state index in [4.69, 9.17) is 27.6 Å². The minimum absolute atomic E-state index is 0.139. The summed E-state index contributed by atoms with van der Waals surface area (Å²) in [7, 11) is 3.95. The summed E-state index contributed by atoms with van der Waals surface area (Å²) in [5.74, 6) is 0.552. The first-order valence-electron chi connectivity index (χ1n) is 13.5. The molecule has 2 N–H and O–H groups in total. The topological polar surface area (TPSA) is 96.4 Å². The summed E-state index contributed by atoms with van der Waals surface area (Å²) in [5.41, 5.74) is 7.26. The highest BCUT2D eigenvalue weighted by Gasteiger charge is 2.39. The van der Waals surface area contributed by atoms with Crippen LogP contribution >= 0.6 is 23.2 Å². The molecule has 3 heterocycles. The zero-order chi connectivity index (χ0) is 29.1. The molecule has 0 bridgehead atoms. The molecule has 1 aliphatic carbocycles. The second-order valence-corrected chi connectivity index (χ2v) is 12.1. The minimum Gasteiger partial charge on any atom is -0.434 e. The Bertz CT molecular complexity index is 1750. The van der Waals surface area contributed by atoms with Gasteiger partial charge in [0.05, 0.1) is 28.2 Å². The van der Waals surface area contributed by atoms with E-state index in [1.54, 1.807) is 12.1 Å². The molecule has 2 atom stereocenters. The van der Waals surface area contributed by atoms with Crippen molar-refractivity contribution in [2.24, 2.45) is 7.05 Å². The number of likely N-dealkylation sites (N-methyl/N-ethyl adjacent to an activating group) is 1. The quantitative estimate of drug-likeness (QED) is 0.301. The molecule has 4 aromatic rings. The second kappa shape index (κ2) is 10.4. The van der Waals surface area contributed by atoms with Crippen LogP contribution in [-0.4, -0.2) is 55.0 Å². The number of alkyl halides is 1. The highest BCUT2D eigenvalue weighted by molar-refractivity contribution is 6.34. The number of oxazole rings is 1. The number of hydrogen-bond donors (Lipinski definition) is 2. The number of aliphatic hydroxyl groups is 1. The van der Waals surface area contributed by atoms with Crippen LogP contribution in [0.15, 0.2) is 53.0 Å². The standard InChI is InChI=1S/C31H31Cl2N5O3/c1-17-19(7-5-8-20(17)30-35-23-14-18(16-39)13-22(32)27(23)41-30)21-9-6-10-26(31(21,2)33)36-29(40)28-34-24-15-37(3)12-11-25(24)38(28)4/h5-10,13-14,26,39H,11-12,15-16H2,1-4H3,(H,36,40). The van der Waals surface area contributed by atoms with Crippen LogP contribution in [-0.2, 0) is 26.6 Å². The first-order valence-corrected chi connectivity index (χ1v) is 14.3. The zero-order valence-electron chi connectivity index (χ0n) is 23.3. The molecular formula is C31H31Cl2N5O3. The number of rotatable bonds is 5. The predicted molar refractivity (Wildman–Crippen MR) is 161 cm³/mol. The Labute approximate surface area is 248 Å². The van der Waals surface area contributed by atoms with Crippen molar-refractivity contribution in [1.29, 1.82) is 0 Å². The van der Waals surface area contributed by atoms with Gasteiger partial charge in [0.25, 0.3) is 5.91 Å². The first-order chi connectivity index (χ1) is 19.6. The van der Waals surface area contributed by atoms with Gasteiger partial charge in [0.2, 0.25) is 5.89 Å². The summed E-state index contributed by atoms with van der Waals surface area (Å²) >= 11 is 13.7. The summed E-state index contributed by atoms with van der Waals surface area (Å²) in [6.45, 7) is 5.43. The molecule has 0 radical (unpaired) electrons. The van der Waals surface area contributed by atoms with E-state index in [1.807, 2.05) is 61.9 Å². The Hall–Kier alpha value is -3.43. The van der Waals surface area contributed by atoms with E-state index in [-0.39, 0.29) is 12.5 Å². The smallest absolute Gasteiger partial charge is 0.287 e. The van der Waals surface area contributed by atoms with E-state index < -0.39 is 10.9 Å². The fourth-order valence-electron chi connectivity index (χ4n) is 5.79. The molecule has 1 amide bonds. The van der Waals surface area contributed by atoms with E-state index in [9.17, 15) is 9.90 Å². The highest BCUT2D eigenvalue weighted by atomic mass is 35.5. The lowest BCUT2D eigenvalue weighted by Gasteiger charge is -2.36. The Kier molecular flexibility index (Phi) is 7.06. The van der Waals surface area contributed by atoms with Crippen LogP contribution in [0.1, 0.15) is 45.6 Å². The number of amides is 1. The third-order valence-corrected chi connectivity index (χ3v) is 8.87. The van der Waals surface area contributed by atoms with Crippen molar-refractivity contribution < 1.29 is 14.3 Å². The molecule has 6 rings (SSSR count). The average Bonchev–Trinajstić information content (AvgIpc) is 3.51. The highest BCUT2D eigenvalue weighted by Crippen LogP contribution is 2.42. The monoisotopic (exact) mass is 591 g/mol. The summed E-state index contributed by atoms with van der Waals surface area (Å²) < 4.78 is 7.97. The molecule has 2 unspecified atom stereocenters. The summed E-state index contributed by atoms with van der Waals surface area (Å²) in [5, 5.41) is 13.1. The Morgan fingerprint density at radius 1 is 1.24 bits per heavy atom. The number of aromatic nitrogens is 3. The normalized spacial score (nSPS) is 20.8. The Balaban J connectivity index is 1.30. The third-order valence-electron chi connectivity index (χ3n) is 8.15. The number of benzene rings is 2. The van der Waals surface area contributed by atoms with Crippen molar-refractivity contribution in [3.05, 3.63) is 87.5 Å². The van der Waals surface area contributed by atoms with Crippen molar-refractivity contribution in [1.82, 2.24) is 24.8 Å². The van der Waals surface area contributed by atoms with Crippen LogP contribution < -0.4 is 5.32 Å². The number of carbonyl (C=O) groups excluding carboxylic acids is 1. The molecule has 10 heteroatoms. The maximum absolute atomic E-state index is 13.5. The molecular weight excluding hydrogens is 561 g/mol. The van der Waals surface area contributed by atoms with Crippen LogP contribution in [0, 0.1) is 6.92 Å². The van der Waals surface area contributed by atoms with E-state index in [0.717, 1.165) is 53.2 Å². The largest absolute Gasteiger partial charge is 0.434 e. The number of allylic oxidation sites excluding steroid dienone is 2. The number of hydrogen-bond acceptors (Lipinski definition) is 6. The number of carbonyl (C=O) groups is 1. The maximum atomic E-state index is 13.5. The Morgan fingerprint density at radius 3 is 2.80 bits per heavy atom. The third kappa shape index (κ3) is 4.78. The number of nitrogens with zero attached hydrogens (tertiary/aromatic N) is 4. The van der Waals surface area contributed by atoms with Gasteiger partial charge in [-0.15, -0.1) is 11.6 Å². The lowest BCUT2D eigenvalue weighted by atomic mass is 9.81. The minimum atomic E-state index is -0.945. The molecule has 1 aliphatic heterocycles. The summed E-state index contributed by atoms with van der Waals surface area (Å²) in [6.07, 6.45) is 6.67. The van der Waals surface area contributed by atoms with Crippen LogP contribution in [0.2, 0.25) is 5.02 Å².